The monoisotopic (exact) mass is 255 g/mol. The predicted octanol–water partition coefficient (Wildman–Crippen LogP) is 2.12. The summed E-state index contributed by atoms with van der Waals surface area (Å²) in [6, 6.07) is 0. The van der Waals surface area contributed by atoms with E-state index in [9.17, 15) is 9.59 Å². The number of rotatable bonds is 1. The van der Waals surface area contributed by atoms with Crippen molar-refractivity contribution in [1.82, 2.24) is 4.90 Å². The van der Waals surface area contributed by atoms with E-state index in [2.05, 4.69) is 0 Å². The van der Waals surface area contributed by atoms with E-state index in [1.165, 1.54) is 4.90 Å². The van der Waals surface area contributed by atoms with E-state index in [-0.39, 0.29) is 11.8 Å². The molecule has 0 aromatic rings. The standard InChI is InChI=1S/C12H17NO5/c1-11(2,3)6-7(18-10(15)16)13-8(14)12(4,5)9(13)17-6/h9H,1-5H3,(H,15,16). The molecule has 0 radical (unpaired) electrons. The molecule has 0 aromatic carbocycles. The van der Waals surface area contributed by atoms with Gasteiger partial charge in [0.15, 0.2) is 12.0 Å². The lowest BCUT2D eigenvalue weighted by Crippen LogP contribution is -2.64. The predicted molar refractivity (Wildman–Crippen MR) is 61.1 cm³/mol. The second-order valence-electron chi connectivity index (χ2n) is 6.12. The smallest absolute Gasteiger partial charge is 0.467 e. The molecule has 0 spiro atoms. The zero-order valence-electron chi connectivity index (χ0n) is 11.1. The quantitative estimate of drug-likeness (QED) is 0.573. The molecule has 6 heteroatoms. The van der Waals surface area contributed by atoms with Crippen LogP contribution in [-0.4, -0.2) is 28.3 Å². The minimum atomic E-state index is -1.45. The van der Waals surface area contributed by atoms with Crippen LogP contribution in [0, 0.1) is 10.8 Å². The summed E-state index contributed by atoms with van der Waals surface area (Å²) in [5.74, 6) is 0.209. The maximum atomic E-state index is 12.0. The maximum Gasteiger partial charge on any atom is 0.512 e. The molecule has 0 bridgehead atoms. The van der Waals surface area contributed by atoms with Crippen LogP contribution in [-0.2, 0) is 14.3 Å². The first-order valence-corrected chi connectivity index (χ1v) is 5.72. The largest absolute Gasteiger partial charge is 0.512 e. The minimum absolute atomic E-state index is 0.00400. The van der Waals surface area contributed by atoms with Gasteiger partial charge >= 0.3 is 6.16 Å². The molecule has 100 valence electrons. The number of ether oxygens (including phenoxy) is 2. The minimum Gasteiger partial charge on any atom is -0.467 e. The Hall–Kier alpha value is -1.72. The summed E-state index contributed by atoms with van der Waals surface area (Å²) in [6.45, 7) is 9.14. The summed E-state index contributed by atoms with van der Waals surface area (Å²) >= 11 is 0. The Balaban J connectivity index is 2.40. The van der Waals surface area contributed by atoms with Crippen LogP contribution in [0.2, 0.25) is 0 Å². The van der Waals surface area contributed by atoms with Crippen LogP contribution in [0.3, 0.4) is 0 Å². The normalized spacial score (nSPS) is 25.5. The molecule has 0 aliphatic carbocycles. The number of fused-ring (bicyclic) bond motifs is 1. The first-order chi connectivity index (χ1) is 8.06. The fraction of sp³-hybridized carbons (Fsp3) is 0.667. The van der Waals surface area contributed by atoms with Crippen molar-refractivity contribution in [3.05, 3.63) is 11.6 Å². The molecule has 2 aliphatic rings. The van der Waals surface area contributed by atoms with Gasteiger partial charge < -0.3 is 14.6 Å². The molecule has 18 heavy (non-hydrogen) atoms. The molecular formula is C12H17NO5. The fourth-order valence-electron chi connectivity index (χ4n) is 2.13. The van der Waals surface area contributed by atoms with Crippen LogP contribution >= 0.6 is 0 Å². The summed E-state index contributed by atoms with van der Waals surface area (Å²) in [7, 11) is 0. The Morgan fingerprint density at radius 3 is 2.44 bits per heavy atom. The SMILES string of the molecule is CC(C)(C)C1=C(OC(=O)O)N2C(=O)C(C)(C)C2O1. The summed E-state index contributed by atoms with van der Waals surface area (Å²) in [5, 5.41) is 8.75. The number of amides is 1. The van der Waals surface area contributed by atoms with Crippen molar-refractivity contribution < 1.29 is 24.2 Å². The van der Waals surface area contributed by atoms with E-state index in [1.807, 2.05) is 20.8 Å². The number of hydrogen-bond acceptors (Lipinski definition) is 4. The average Bonchev–Trinajstić information content (AvgIpc) is 2.53. The summed E-state index contributed by atoms with van der Waals surface area (Å²) < 4.78 is 10.4. The van der Waals surface area contributed by atoms with Gasteiger partial charge in [-0.25, -0.2) is 9.69 Å². The zero-order valence-corrected chi connectivity index (χ0v) is 11.1. The van der Waals surface area contributed by atoms with E-state index in [0.29, 0.717) is 5.76 Å². The molecule has 0 saturated carbocycles. The third kappa shape index (κ3) is 1.55. The number of β-lactam (4-membered cyclic amide) rings is 1. The molecule has 1 N–H and O–H groups in total. The van der Waals surface area contributed by atoms with Gasteiger partial charge in [0, 0.05) is 5.41 Å². The lowest BCUT2D eigenvalue weighted by molar-refractivity contribution is -0.191. The first-order valence-electron chi connectivity index (χ1n) is 5.72. The van der Waals surface area contributed by atoms with E-state index < -0.39 is 23.2 Å². The van der Waals surface area contributed by atoms with Crippen molar-refractivity contribution in [1.29, 1.82) is 0 Å². The Kier molecular flexibility index (Phi) is 2.40. The third-order valence-electron chi connectivity index (χ3n) is 3.13. The van der Waals surface area contributed by atoms with Gasteiger partial charge in [-0.3, -0.25) is 4.79 Å². The van der Waals surface area contributed by atoms with E-state index >= 15 is 0 Å². The molecule has 1 unspecified atom stereocenters. The van der Waals surface area contributed by atoms with Crippen molar-refractivity contribution in [3.8, 4) is 0 Å². The first kappa shape index (κ1) is 12.7. The molecule has 2 aliphatic heterocycles. The van der Waals surface area contributed by atoms with E-state index in [1.54, 1.807) is 13.8 Å². The van der Waals surface area contributed by atoms with Crippen molar-refractivity contribution in [3.63, 3.8) is 0 Å². The molecule has 1 saturated heterocycles. The third-order valence-corrected chi connectivity index (χ3v) is 3.13. The number of allylic oxidation sites excluding steroid dienone is 1. The van der Waals surface area contributed by atoms with Gasteiger partial charge in [-0.1, -0.05) is 20.8 Å². The molecule has 1 amide bonds. The number of carbonyl (C=O) groups is 2. The number of carboxylic acid groups (broad SMARTS) is 1. The summed E-state index contributed by atoms with van der Waals surface area (Å²) in [5.41, 5.74) is -1.08. The van der Waals surface area contributed by atoms with Gasteiger partial charge in [0.25, 0.3) is 5.88 Å². The Morgan fingerprint density at radius 2 is 2.00 bits per heavy atom. The van der Waals surface area contributed by atoms with Crippen molar-refractivity contribution in [2.45, 2.75) is 40.8 Å². The fourth-order valence-corrected chi connectivity index (χ4v) is 2.13. The maximum absolute atomic E-state index is 12.0. The lowest BCUT2D eigenvalue weighted by atomic mass is 9.81. The Labute approximate surface area is 105 Å². The highest BCUT2D eigenvalue weighted by Gasteiger charge is 2.63. The van der Waals surface area contributed by atoms with Gasteiger partial charge in [0.05, 0.1) is 0 Å². The molecule has 2 rings (SSSR count). The van der Waals surface area contributed by atoms with Crippen molar-refractivity contribution >= 4 is 12.1 Å². The number of nitrogens with zero attached hydrogens (tertiary/aromatic N) is 1. The van der Waals surface area contributed by atoms with Crippen LogP contribution in [0.15, 0.2) is 11.6 Å². The highest BCUT2D eigenvalue weighted by atomic mass is 16.7. The Morgan fingerprint density at radius 1 is 1.44 bits per heavy atom. The molecule has 0 aromatic heterocycles. The van der Waals surface area contributed by atoms with Crippen LogP contribution < -0.4 is 0 Å². The highest BCUT2D eigenvalue weighted by Crippen LogP contribution is 2.51. The highest BCUT2D eigenvalue weighted by molar-refractivity contribution is 5.91. The molecular weight excluding hydrogens is 238 g/mol. The summed E-state index contributed by atoms with van der Waals surface area (Å²) in [6.07, 6.45) is -1.93. The lowest BCUT2D eigenvalue weighted by Gasteiger charge is -2.46. The van der Waals surface area contributed by atoms with Crippen LogP contribution in [0.1, 0.15) is 34.6 Å². The van der Waals surface area contributed by atoms with Gasteiger partial charge in [0.2, 0.25) is 5.91 Å². The van der Waals surface area contributed by atoms with E-state index in [0.717, 1.165) is 0 Å². The van der Waals surface area contributed by atoms with Gasteiger partial charge in [-0.2, -0.15) is 0 Å². The van der Waals surface area contributed by atoms with Crippen molar-refractivity contribution in [2.24, 2.45) is 10.8 Å². The summed E-state index contributed by atoms with van der Waals surface area (Å²) in [4.78, 5) is 24.0. The van der Waals surface area contributed by atoms with E-state index in [4.69, 9.17) is 14.6 Å². The van der Waals surface area contributed by atoms with Crippen LogP contribution in [0.5, 0.6) is 0 Å². The Bertz CT molecular complexity index is 458. The number of hydrogen-bond donors (Lipinski definition) is 1. The molecule has 2 heterocycles. The second kappa shape index (κ2) is 3.40. The molecule has 1 atom stereocenters. The molecule has 6 nitrogen and oxygen atoms in total. The van der Waals surface area contributed by atoms with Crippen molar-refractivity contribution in [2.75, 3.05) is 0 Å². The van der Waals surface area contributed by atoms with Gasteiger partial charge in [-0.15, -0.1) is 0 Å². The van der Waals surface area contributed by atoms with Gasteiger partial charge in [0.1, 0.15) is 5.41 Å². The molecule has 1 fully saturated rings. The second-order valence-corrected chi connectivity index (χ2v) is 6.12. The number of carbonyl (C=O) groups excluding carboxylic acids is 1. The van der Waals surface area contributed by atoms with Crippen LogP contribution in [0.25, 0.3) is 0 Å². The zero-order chi connectivity index (χ0) is 13.9. The van der Waals surface area contributed by atoms with Gasteiger partial charge in [-0.05, 0) is 13.8 Å². The topological polar surface area (TPSA) is 76.1 Å². The van der Waals surface area contributed by atoms with Crippen LogP contribution in [0.4, 0.5) is 4.79 Å². The average molecular weight is 255 g/mol.